The third-order valence-electron chi connectivity index (χ3n) is 4.32. The Kier molecular flexibility index (Phi) is 5.31. The minimum Gasteiger partial charge on any atom is -0.587 e. The molecule has 0 amide bonds. The SMILES string of the molecule is Cc1c2c(=O)n(-c3ccccc3)[n-]c2cc(=O)n1CCc1cnc[nH]1.[Na+]. The van der Waals surface area contributed by atoms with Gasteiger partial charge in [-0.25, -0.2) is 4.98 Å². The molecule has 4 aromatic rings. The van der Waals surface area contributed by atoms with E-state index in [4.69, 9.17) is 0 Å². The molecule has 1 aromatic carbocycles. The molecule has 4 rings (SSSR count). The molecule has 0 atom stereocenters. The summed E-state index contributed by atoms with van der Waals surface area (Å²) < 4.78 is 2.96. The van der Waals surface area contributed by atoms with Crippen molar-refractivity contribution in [3.8, 4) is 5.69 Å². The second-order valence-corrected chi connectivity index (χ2v) is 5.86. The van der Waals surface area contributed by atoms with E-state index in [0.717, 1.165) is 5.69 Å². The van der Waals surface area contributed by atoms with Crippen LogP contribution in [0.1, 0.15) is 11.4 Å². The topological polar surface area (TPSA) is 86.8 Å². The Hall–Kier alpha value is -2.35. The van der Waals surface area contributed by atoms with Crippen molar-refractivity contribution in [2.75, 3.05) is 0 Å². The molecule has 0 aliphatic carbocycles. The maximum absolute atomic E-state index is 12.8. The van der Waals surface area contributed by atoms with Crippen LogP contribution in [-0.2, 0) is 13.0 Å². The van der Waals surface area contributed by atoms with E-state index in [0.29, 0.717) is 35.2 Å². The number of nitrogens with zero attached hydrogens (tertiary/aromatic N) is 4. The van der Waals surface area contributed by atoms with Gasteiger partial charge in [0.05, 0.1) is 6.33 Å². The van der Waals surface area contributed by atoms with E-state index in [1.165, 1.54) is 10.7 Å². The number of aromatic amines is 1. The molecule has 26 heavy (non-hydrogen) atoms. The first-order chi connectivity index (χ1) is 12.1. The molecule has 126 valence electrons. The van der Waals surface area contributed by atoms with Crippen LogP contribution in [0.2, 0.25) is 0 Å². The summed E-state index contributed by atoms with van der Waals surface area (Å²) >= 11 is 0. The number of hydrogen-bond donors (Lipinski definition) is 1. The summed E-state index contributed by atoms with van der Waals surface area (Å²) in [5.74, 6) is 0. The van der Waals surface area contributed by atoms with Crippen molar-refractivity contribution >= 4 is 10.9 Å². The Bertz CT molecular complexity index is 1140. The van der Waals surface area contributed by atoms with E-state index < -0.39 is 0 Å². The molecule has 3 heterocycles. The second-order valence-electron chi connectivity index (χ2n) is 5.86. The molecule has 0 spiro atoms. The van der Waals surface area contributed by atoms with Gasteiger partial charge in [0.1, 0.15) is 0 Å². The number of fused-ring (bicyclic) bond motifs is 1. The number of nitrogens with one attached hydrogen (secondary N) is 1. The molecule has 0 aliphatic heterocycles. The minimum atomic E-state index is -0.214. The average Bonchev–Trinajstić information content (AvgIpc) is 3.23. The molecular formula is C18H16N5NaO2. The molecular weight excluding hydrogens is 341 g/mol. The number of aryl methyl sites for hydroxylation is 2. The molecule has 0 aliphatic rings. The zero-order valence-electron chi connectivity index (χ0n) is 14.6. The average molecular weight is 357 g/mol. The van der Waals surface area contributed by atoms with Crippen molar-refractivity contribution in [1.29, 1.82) is 0 Å². The van der Waals surface area contributed by atoms with E-state index in [-0.39, 0.29) is 40.7 Å². The standard InChI is InChI=1S/C18H17N5O2.Na/c1-12-17-15(21-23(18(17)25)14-5-3-2-4-6-14)9-16(24)22(12)8-7-13-10-19-11-20-13;/h2-6,9-11H,7-8H2,1H3,(H2,19,20,21,24);/q;+1/p-1. The Morgan fingerprint density at radius 2 is 1.96 bits per heavy atom. The number of aromatic nitrogens is 5. The van der Waals surface area contributed by atoms with Crippen LogP contribution >= 0.6 is 0 Å². The smallest absolute Gasteiger partial charge is 0.587 e. The van der Waals surface area contributed by atoms with Crippen molar-refractivity contribution in [3.63, 3.8) is 0 Å². The van der Waals surface area contributed by atoms with Gasteiger partial charge in [-0.05, 0) is 25.1 Å². The molecule has 0 bridgehead atoms. The van der Waals surface area contributed by atoms with Gasteiger partial charge in [-0.1, -0.05) is 18.2 Å². The van der Waals surface area contributed by atoms with Gasteiger partial charge < -0.3 is 19.3 Å². The van der Waals surface area contributed by atoms with Crippen LogP contribution in [0, 0.1) is 6.92 Å². The van der Waals surface area contributed by atoms with Gasteiger partial charge in [0.15, 0.2) is 0 Å². The minimum absolute atomic E-state index is 0. The predicted molar refractivity (Wildman–Crippen MR) is 94.2 cm³/mol. The molecule has 0 unspecified atom stereocenters. The summed E-state index contributed by atoms with van der Waals surface area (Å²) in [4.78, 5) is 32.3. The van der Waals surface area contributed by atoms with Crippen molar-refractivity contribution in [2.24, 2.45) is 0 Å². The van der Waals surface area contributed by atoms with Crippen molar-refractivity contribution in [3.05, 3.63) is 81.0 Å². The third kappa shape index (κ3) is 3.21. The third-order valence-corrected chi connectivity index (χ3v) is 4.32. The number of hydrogen-bond acceptors (Lipinski definition) is 3. The van der Waals surface area contributed by atoms with Crippen LogP contribution in [0.4, 0.5) is 0 Å². The first-order valence-corrected chi connectivity index (χ1v) is 7.98. The van der Waals surface area contributed by atoms with Gasteiger partial charge >= 0.3 is 29.6 Å². The first-order valence-electron chi connectivity index (χ1n) is 7.98. The summed E-state index contributed by atoms with van der Waals surface area (Å²) in [5.41, 5.74) is 2.30. The van der Waals surface area contributed by atoms with Gasteiger partial charge in [-0.3, -0.25) is 9.59 Å². The number of para-hydroxylation sites is 1. The molecule has 8 heteroatoms. The van der Waals surface area contributed by atoms with Crippen molar-refractivity contribution in [1.82, 2.24) is 24.3 Å². The van der Waals surface area contributed by atoms with E-state index >= 15 is 0 Å². The first kappa shape index (κ1) is 18.4. The van der Waals surface area contributed by atoms with Crippen LogP contribution in [0.25, 0.3) is 16.6 Å². The fourth-order valence-corrected chi connectivity index (χ4v) is 3.03. The van der Waals surface area contributed by atoms with Gasteiger partial charge in [-0.15, -0.1) is 5.52 Å². The fraction of sp³-hybridized carbons (Fsp3) is 0.167. The molecule has 7 nitrogen and oxygen atoms in total. The van der Waals surface area contributed by atoms with Gasteiger partial charge in [-0.2, -0.15) is 0 Å². The normalized spacial score (nSPS) is 10.8. The molecule has 0 radical (unpaired) electrons. The number of rotatable bonds is 4. The summed E-state index contributed by atoms with van der Waals surface area (Å²) in [7, 11) is 0. The Morgan fingerprint density at radius 1 is 1.19 bits per heavy atom. The van der Waals surface area contributed by atoms with E-state index in [1.807, 2.05) is 30.3 Å². The Morgan fingerprint density at radius 3 is 2.65 bits per heavy atom. The molecule has 0 saturated carbocycles. The summed E-state index contributed by atoms with van der Waals surface area (Å²) in [6.45, 7) is 2.26. The molecule has 3 aromatic heterocycles. The number of pyridine rings is 1. The second kappa shape index (κ2) is 7.49. The largest absolute Gasteiger partial charge is 1.00 e. The molecule has 0 saturated heterocycles. The number of benzene rings is 1. The predicted octanol–water partition coefficient (Wildman–Crippen LogP) is -1.61. The van der Waals surface area contributed by atoms with Crippen LogP contribution in [-0.4, -0.2) is 19.2 Å². The fourth-order valence-electron chi connectivity index (χ4n) is 3.03. The van der Waals surface area contributed by atoms with Crippen molar-refractivity contribution < 1.29 is 29.6 Å². The maximum atomic E-state index is 12.8. The van der Waals surface area contributed by atoms with Crippen molar-refractivity contribution in [2.45, 2.75) is 19.9 Å². The zero-order valence-corrected chi connectivity index (χ0v) is 16.6. The van der Waals surface area contributed by atoms with Crippen LogP contribution in [0.3, 0.4) is 0 Å². The number of H-pyrrole nitrogens is 1. The summed E-state index contributed by atoms with van der Waals surface area (Å²) in [6, 6.07) is 10.6. The summed E-state index contributed by atoms with van der Waals surface area (Å²) in [5, 5.41) is 4.81. The van der Waals surface area contributed by atoms with Crippen LogP contribution in [0.15, 0.2) is 58.5 Å². The van der Waals surface area contributed by atoms with Gasteiger partial charge in [0, 0.05) is 41.6 Å². The van der Waals surface area contributed by atoms with Crippen LogP contribution < -0.4 is 45.8 Å². The van der Waals surface area contributed by atoms with E-state index in [9.17, 15) is 9.59 Å². The van der Waals surface area contributed by atoms with Gasteiger partial charge in [0.25, 0.3) is 0 Å². The Labute approximate surface area is 171 Å². The quantitative estimate of drug-likeness (QED) is 0.445. The maximum Gasteiger partial charge on any atom is 1.00 e. The molecule has 0 fully saturated rings. The van der Waals surface area contributed by atoms with E-state index in [2.05, 4.69) is 15.1 Å². The number of imidazole rings is 1. The van der Waals surface area contributed by atoms with Gasteiger partial charge in [0.2, 0.25) is 11.1 Å². The monoisotopic (exact) mass is 357 g/mol. The Balaban J connectivity index is 0.00000196. The zero-order chi connectivity index (χ0) is 17.4. The van der Waals surface area contributed by atoms with Crippen LogP contribution in [0.5, 0.6) is 0 Å². The van der Waals surface area contributed by atoms with E-state index in [1.54, 1.807) is 24.0 Å². The summed E-state index contributed by atoms with van der Waals surface area (Å²) in [6.07, 6.45) is 3.96. The molecule has 1 N–H and O–H groups in total.